The van der Waals surface area contributed by atoms with Crippen LogP contribution in [0, 0.1) is 0 Å². The first kappa shape index (κ1) is 26.9. The smallest absolute Gasteiger partial charge is 0.166 e. The van der Waals surface area contributed by atoms with Gasteiger partial charge in [-0.05, 0) is 45.5 Å². The minimum absolute atomic E-state index is 0.108. The second kappa shape index (κ2) is 10.8. The second-order valence-corrected chi connectivity index (χ2v) is 11.9. The normalized spacial score (nSPS) is 12.8. The lowest BCUT2D eigenvalue weighted by Crippen LogP contribution is -2.14. The maximum atomic E-state index is 5.09. The summed E-state index contributed by atoms with van der Waals surface area (Å²) in [6.45, 7) is 4.60. The third kappa shape index (κ3) is 4.63. The van der Waals surface area contributed by atoms with Crippen LogP contribution >= 0.6 is 0 Å². The van der Waals surface area contributed by atoms with Crippen LogP contribution in [0.5, 0.6) is 0 Å². The van der Waals surface area contributed by atoms with Gasteiger partial charge in [0.25, 0.3) is 0 Å². The SMILES string of the molecule is CC1(C)c2ccccc2-c2c(-c3ncccc3-c3nc(-c4ccccc4)nc(-c4ccc(-c5ccccc5)cc4)n3)cccc21. The zero-order valence-electron chi connectivity index (χ0n) is 25.1. The Kier molecular flexibility index (Phi) is 6.42. The van der Waals surface area contributed by atoms with E-state index in [1.807, 2.05) is 48.7 Å². The van der Waals surface area contributed by atoms with Crippen LogP contribution in [0.2, 0.25) is 0 Å². The van der Waals surface area contributed by atoms with E-state index in [0.717, 1.165) is 33.5 Å². The van der Waals surface area contributed by atoms with Crippen molar-refractivity contribution in [1.82, 2.24) is 19.9 Å². The van der Waals surface area contributed by atoms with E-state index in [0.29, 0.717) is 17.5 Å². The van der Waals surface area contributed by atoms with Crippen LogP contribution < -0.4 is 0 Å². The molecule has 0 saturated heterocycles. The van der Waals surface area contributed by atoms with Crippen LogP contribution in [0.1, 0.15) is 25.0 Å². The van der Waals surface area contributed by atoms with Gasteiger partial charge in [0.05, 0.1) is 5.69 Å². The molecule has 0 amide bonds. The second-order valence-electron chi connectivity index (χ2n) is 11.9. The third-order valence-corrected chi connectivity index (χ3v) is 8.83. The molecule has 7 aromatic rings. The Bertz CT molecular complexity index is 2170. The number of hydrogen-bond acceptors (Lipinski definition) is 4. The molecule has 2 heterocycles. The molecule has 0 bridgehead atoms. The Hall–Kier alpha value is -5.74. The van der Waals surface area contributed by atoms with Crippen molar-refractivity contribution in [2.45, 2.75) is 19.3 Å². The molecule has 0 radical (unpaired) electrons. The summed E-state index contributed by atoms with van der Waals surface area (Å²) < 4.78 is 0. The Morgan fingerprint density at radius 3 is 1.64 bits per heavy atom. The molecule has 0 saturated carbocycles. The predicted octanol–water partition coefficient (Wildman–Crippen LogP) is 9.91. The molecule has 0 spiro atoms. The van der Waals surface area contributed by atoms with Gasteiger partial charge >= 0.3 is 0 Å². The summed E-state index contributed by atoms with van der Waals surface area (Å²) in [5, 5.41) is 0. The van der Waals surface area contributed by atoms with Gasteiger partial charge in [0, 0.05) is 33.9 Å². The molecule has 4 nitrogen and oxygen atoms in total. The molecule has 1 aliphatic carbocycles. The van der Waals surface area contributed by atoms with Crippen molar-refractivity contribution < 1.29 is 0 Å². The number of benzene rings is 5. The fraction of sp³-hybridized carbons (Fsp3) is 0.0732. The Morgan fingerprint density at radius 2 is 0.911 bits per heavy atom. The van der Waals surface area contributed by atoms with E-state index in [9.17, 15) is 0 Å². The Labute approximate surface area is 263 Å². The molecule has 1 aliphatic rings. The van der Waals surface area contributed by atoms with Gasteiger partial charge in [-0.3, -0.25) is 4.98 Å². The summed E-state index contributed by atoms with van der Waals surface area (Å²) in [7, 11) is 0. The molecule has 0 unspecified atom stereocenters. The summed E-state index contributed by atoms with van der Waals surface area (Å²) in [5.41, 5.74) is 12.0. The molecule has 4 heteroatoms. The van der Waals surface area contributed by atoms with Gasteiger partial charge in [-0.1, -0.05) is 141 Å². The lowest BCUT2D eigenvalue weighted by atomic mass is 9.82. The molecule has 214 valence electrons. The first-order valence-electron chi connectivity index (χ1n) is 15.2. The van der Waals surface area contributed by atoms with Gasteiger partial charge < -0.3 is 0 Å². The fourth-order valence-electron chi connectivity index (χ4n) is 6.54. The van der Waals surface area contributed by atoms with E-state index >= 15 is 0 Å². The maximum absolute atomic E-state index is 5.09. The number of rotatable bonds is 5. The highest BCUT2D eigenvalue weighted by Crippen LogP contribution is 2.52. The van der Waals surface area contributed by atoms with Crippen LogP contribution in [0.15, 0.2) is 146 Å². The number of pyridine rings is 1. The van der Waals surface area contributed by atoms with Crippen LogP contribution in [0.25, 0.3) is 67.7 Å². The van der Waals surface area contributed by atoms with Gasteiger partial charge in [-0.25, -0.2) is 15.0 Å². The molecule has 8 rings (SSSR count). The first-order chi connectivity index (χ1) is 22.1. The summed E-state index contributed by atoms with van der Waals surface area (Å²) in [4.78, 5) is 20.1. The Morgan fingerprint density at radius 1 is 0.400 bits per heavy atom. The lowest BCUT2D eigenvalue weighted by Gasteiger charge is -2.21. The molecule has 0 N–H and O–H groups in total. The van der Waals surface area contributed by atoms with Crippen LogP contribution in [0.3, 0.4) is 0 Å². The minimum atomic E-state index is -0.108. The van der Waals surface area contributed by atoms with Gasteiger partial charge in [-0.2, -0.15) is 0 Å². The minimum Gasteiger partial charge on any atom is -0.255 e. The van der Waals surface area contributed by atoms with Gasteiger partial charge in [0.15, 0.2) is 17.5 Å². The van der Waals surface area contributed by atoms with Crippen molar-refractivity contribution in [1.29, 1.82) is 0 Å². The number of hydrogen-bond donors (Lipinski definition) is 0. The molecule has 2 aromatic heterocycles. The third-order valence-electron chi connectivity index (χ3n) is 8.83. The van der Waals surface area contributed by atoms with Gasteiger partial charge in [0.2, 0.25) is 0 Å². The van der Waals surface area contributed by atoms with Gasteiger partial charge in [-0.15, -0.1) is 0 Å². The zero-order valence-corrected chi connectivity index (χ0v) is 25.1. The van der Waals surface area contributed by atoms with Crippen molar-refractivity contribution in [3.8, 4) is 67.7 Å². The zero-order chi connectivity index (χ0) is 30.4. The summed E-state index contributed by atoms with van der Waals surface area (Å²) in [6, 6.07) is 48.2. The summed E-state index contributed by atoms with van der Waals surface area (Å²) >= 11 is 0. The van der Waals surface area contributed by atoms with E-state index in [1.165, 1.54) is 27.8 Å². The topological polar surface area (TPSA) is 51.6 Å². The molecule has 5 aromatic carbocycles. The average Bonchev–Trinajstić information content (AvgIpc) is 3.35. The molecular weight excluding hydrogens is 548 g/mol. The Balaban J connectivity index is 1.31. The summed E-state index contributed by atoms with van der Waals surface area (Å²) in [6.07, 6.45) is 1.85. The largest absolute Gasteiger partial charge is 0.255 e. The van der Waals surface area contributed by atoms with Crippen molar-refractivity contribution in [2.75, 3.05) is 0 Å². The van der Waals surface area contributed by atoms with Crippen molar-refractivity contribution in [3.63, 3.8) is 0 Å². The van der Waals surface area contributed by atoms with Crippen molar-refractivity contribution in [2.24, 2.45) is 0 Å². The van der Waals surface area contributed by atoms with E-state index in [2.05, 4.69) is 111 Å². The monoisotopic (exact) mass is 578 g/mol. The standard InChI is InChI=1S/C41H30N4/c1-41(2)34-20-10-9-17-31(34)36-32(18-11-21-35(36)41)37-33(19-12-26-42-37)40-44-38(29-15-7-4-8-16-29)43-39(45-40)30-24-22-28(23-25-30)27-13-5-3-6-14-27/h3-26H,1-2H3. The molecule has 45 heavy (non-hydrogen) atoms. The van der Waals surface area contributed by atoms with Crippen LogP contribution in [-0.4, -0.2) is 19.9 Å². The fourth-order valence-corrected chi connectivity index (χ4v) is 6.54. The quantitative estimate of drug-likeness (QED) is 0.204. The molecule has 0 atom stereocenters. The van der Waals surface area contributed by atoms with Gasteiger partial charge in [0.1, 0.15) is 0 Å². The molecule has 0 aliphatic heterocycles. The van der Waals surface area contributed by atoms with E-state index in [1.54, 1.807) is 0 Å². The highest BCUT2D eigenvalue weighted by molar-refractivity contribution is 5.95. The molecular formula is C41H30N4. The lowest BCUT2D eigenvalue weighted by molar-refractivity contribution is 0.660. The highest BCUT2D eigenvalue weighted by Gasteiger charge is 2.37. The molecule has 0 fully saturated rings. The van der Waals surface area contributed by atoms with E-state index in [4.69, 9.17) is 19.9 Å². The van der Waals surface area contributed by atoms with E-state index < -0.39 is 0 Å². The number of nitrogens with zero attached hydrogens (tertiary/aromatic N) is 4. The summed E-state index contributed by atoms with van der Waals surface area (Å²) in [5.74, 6) is 1.84. The maximum Gasteiger partial charge on any atom is 0.166 e. The number of aromatic nitrogens is 4. The van der Waals surface area contributed by atoms with Crippen LogP contribution in [-0.2, 0) is 5.41 Å². The highest BCUT2D eigenvalue weighted by atomic mass is 15.0. The van der Waals surface area contributed by atoms with Crippen LogP contribution in [0.4, 0.5) is 0 Å². The van der Waals surface area contributed by atoms with Crippen molar-refractivity contribution in [3.05, 3.63) is 157 Å². The van der Waals surface area contributed by atoms with Crippen molar-refractivity contribution >= 4 is 0 Å². The first-order valence-corrected chi connectivity index (χ1v) is 15.2. The average molecular weight is 579 g/mol. The predicted molar refractivity (Wildman–Crippen MR) is 182 cm³/mol. The number of fused-ring (bicyclic) bond motifs is 3. The van der Waals surface area contributed by atoms with E-state index in [-0.39, 0.29) is 5.41 Å².